The number of halogens is 1. The predicted molar refractivity (Wildman–Crippen MR) is 51.4 cm³/mol. The summed E-state index contributed by atoms with van der Waals surface area (Å²) in [6.45, 7) is 1.66. The number of nitrogens with zero attached hydrogens (tertiary/aromatic N) is 3. The highest BCUT2D eigenvalue weighted by atomic mass is 19.1. The zero-order valence-corrected chi connectivity index (χ0v) is 7.86. The van der Waals surface area contributed by atoms with E-state index in [9.17, 15) is 4.39 Å². The maximum atomic E-state index is 12.6. The fourth-order valence-corrected chi connectivity index (χ4v) is 1.66. The Labute approximate surface area is 82.0 Å². The van der Waals surface area contributed by atoms with Crippen molar-refractivity contribution in [2.75, 3.05) is 18.0 Å². The first-order valence-corrected chi connectivity index (χ1v) is 4.74. The van der Waals surface area contributed by atoms with E-state index in [-0.39, 0.29) is 6.04 Å². The molecule has 0 aliphatic carbocycles. The van der Waals surface area contributed by atoms with Crippen LogP contribution in [0.4, 0.5) is 10.3 Å². The van der Waals surface area contributed by atoms with Gasteiger partial charge in [0.15, 0.2) is 5.82 Å². The Morgan fingerprint density at radius 3 is 2.79 bits per heavy atom. The van der Waals surface area contributed by atoms with Gasteiger partial charge in [0.05, 0.1) is 12.4 Å². The van der Waals surface area contributed by atoms with Gasteiger partial charge in [0.25, 0.3) is 0 Å². The molecule has 0 saturated carbocycles. The second-order valence-electron chi connectivity index (χ2n) is 3.55. The molecule has 4 nitrogen and oxygen atoms in total. The van der Waals surface area contributed by atoms with Gasteiger partial charge in [-0.15, -0.1) is 0 Å². The molecule has 0 aromatic carbocycles. The smallest absolute Gasteiger partial charge is 0.225 e. The fraction of sp³-hybridized carbons (Fsp3) is 0.556. The summed E-state index contributed by atoms with van der Waals surface area (Å²) < 4.78 is 12.6. The van der Waals surface area contributed by atoms with Crippen molar-refractivity contribution in [2.24, 2.45) is 5.73 Å². The minimum absolute atomic E-state index is 0.178. The van der Waals surface area contributed by atoms with Crippen LogP contribution in [0.3, 0.4) is 0 Å². The highest BCUT2D eigenvalue weighted by molar-refractivity contribution is 5.29. The monoisotopic (exact) mass is 196 g/mol. The highest BCUT2D eigenvalue weighted by Crippen LogP contribution is 2.14. The molecule has 76 valence electrons. The molecule has 2 N–H and O–H groups in total. The Bertz CT molecular complexity index is 300. The van der Waals surface area contributed by atoms with E-state index in [2.05, 4.69) is 9.97 Å². The van der Waals surface area contributed by atoms with Crippen molar-refractivity contribution >= 4 is 5.95 Å². The summed E-state index contributed by atoms with van der Waals surface area (Å²) in [6, 6.07) is 0.178. The lowest BCUT2D eigenvalue weighted by Crippen LogP contribution is -2.43. The second-order valence-corrected chi connectivity index (χ2v) is 3.55. The van der Waals surface area contributed by atoms with Crippen LogP contribution in [0.5, 0.6) is 0 Å². The average molecular weight is 196 g/mol. The third-order valence-corrected chi connectivity index (χ3v) is 2.35. The van der Waals surface area contributed by atoms with Crippen LogP contribution in [-0.2, 0) is 0 Å². The van der Waals surface area contributed by atoms with Crippen LogP contribution in [0.25, 0.3) is 0 Å². The molecule has 0 radical (unpaired) electrons. The van der Waals surface area contributed by atoms with E-state index in [0.29, 0.717) is 5.95 Å². The quantitative estimate of drug-likeness (QED) is 0.712. The molecule has 1 aliphatic rings. The molecule has 0 spiro atoms. The zero-order chi connectivity index (χ0) is 9.97. The molecule has 2 rings (SSSR count). The van der Waals surface area contributed by atoms with Crippen molar-refractivity contribution in [3.05, 3.63) is 18.2 Å². The molecule has 0 bridgehead atoms. The number of anilines is 1. The van der Waals surface area contributed by atoms with Crippen LogP contribution >= 0.6 is 0 Å². The van der Waals surface area contributed by atoms with Crippen LogP contribution in [0, 0.1) is 5.82 Å². The molecule has 14 heavy (non-hydrogen) atoms. The van der Waals surface area contributed by atoms with E-state index in [4.69, 9.17) is 5.73 Å². The molecule has 1 aromatic heterocycles. The third-order valence-electron chi connectivity index (χ3n) is 2.35. The minimum atomic E-state index is -0.407. The summed E-state index contributed by atoms with van der Waals surface area (Å²) in [5.74, 6) is 0.164. The normalized spacial score (nSPS) is 22.4. The fourth-order valence-electron chi connectivity index (χ4n) is 1.66. The lowest BCUT2D eigenvalue weighted by atomic mass is 10.1. The van der Waals surface area contributed by atoms with Crippen molar-refractivity contribution in [1.82, 2.24) is 9.97 Å². The lowest BCUT2D eigenvalue weighted by molar-refractivity contribution is 0.498. The number of nitrogens with two attached hydrogens (primary N) is 1. The van der Waals surface area contributed by atoms with E-state index in [1.54, 1.807) is 0 Å². The minimum Gasteiger partial charge on any atom is -0.339 e. The van der Waals surface area contributed by atoms with Crippen LogP contribution < -0.4 is 10.6 Å². The van der Waals surface area contributed by atoms with Gasteiger partial charge < -0.3 is 10.6 Å². The van der Waals surface area contributed by atoms with Crippen molar-refractivity contribution in [3.8, 4) is 0 Å². The highest BCUT2D eigenvalue weighted by Gasteiger charge is 2.18. The average Bonchev–Trinajstić information content (AvgIpc) is 2.19. The molecule has 1 atom stereocenters. The van der Waals surface area contributed by atoms with Crippen molar-refractivity contribution < 1.29 is 4.39 Å². The Morgan fingerprint density at radius 1 is 1.43 bits per heavy atom. The summed E-state index contributed by atoms with van der Waals surface area (Å²) in [4.78, 5) is 9.83. The number of rotatable bonds is 1. The van der Waals surface area contributed by atoms with Crippen LogP contribution in [0.2, 0.25) is 0 Å². The number of hydrogen-bond donors (Lipinski definition) is 1. The van der Waals surface area contributed by atoms with Crippen LogP contribution in [-0.4, -0.2) is 29.1 Å². The second kappa shape index (κ2) is 3.88. The van der Waals surface area contributed by atoms with Crippen molar-refractivity contribution in [3.63, 3.8) is 0 Å². The Balaban J connectivity index is 2.10. The maximum Gasteiger partial charge on any atom is 0.225 e. The van der Waals surface area contributed by atoms with Gasteiger partial charge in [-0.05, 0) is 12.8 Å². The summed E-state index contributed by atoms with van der Waals surface area (Å²) in [5.41, 5.74) is 5.82. The summed E-state index contributed by atoms with van der Waals surface area (Å²) in [6.07, 6.45) is 4.45. The largest absolute Gasteiger partial charge is 0.339 e. The molecular weight excluding hydrogens is 183 g/mol. The lowest BCUT2D eigenvalue weighted by Gasteiger charge is -2.30. The van der Waals surface area contributed by atoms with Gasteiger partial charge in [-0.1, -0.05) is 0 Å². The first kappa shape index (κ1) is 9.33. The molecule has 5 heteroatoms. The van der Waals surface area contributed by atoms with Gasteiger partial charge in [-0.25, -0.2) is 14.4 Å². The van der Waals surface area contributed by atoms with Gasteiger partial charge in [0.2, 0.25) is 5.95 Å². The van der Waals surface area contributed by atoms with Gasteiger partial charge in [-0.2, -0.15) is 0 Å². The molecule has 1 saturated heterocycles. The molecule has 0 amide bonds. The number of piperidine rings is 1. The Kier molecular flexibility index (Phi) is 2.58. The summed E-state index contributed by atoms with van der Waals surface area (Å²) in [5, 5.41) is 0. The standard InChI is InChI=1S/C9H13FN4/c10-7-4-12-9(13-5-7)14-3-1-2-8(11)6-14/h4-5,8H,1-3,6,11H2/t8-/m0/s1. The first-order valence-electron chi connectivity index (χ1n) is 4.74. The molecule has 1 fully saturated rings. The van der Waals surface area contributed by atoms with E-state index < -0.39 is 5.82 Å². The van der Waals surface area contributed by atoms with Gasteiger partial charge >= 0.3 is 0 Å². The van der Waals surface area contributed by atoms with E-state index >= 15 is 0 Å². The van der Waals surface area contributed by atoms with E-state index in [0.717, 1.165) is 25.9 Å². The molecule has 0 unspecified atom stereocenters. The molecule has 1 aliphatic heterocycles. The van der Waals surface area contributed by atoms with E-state index in [1.165, 1.54) is 12.4 Å². The van der Waals surface area contributed by atoms with Crippen LogP contribution in [0.15, 0.2) is 12.4 Å². The Hall–Kier alpha value is -1.23. The molecule has 1 aromatic rings. The van der Waals surface area contributed by atoms with Gasteiger partial charge in [-0.3, -0.25) is 0 Å². The van der Waals surface area contributed by atoms with Crippen LogP contribution in [0.1, 0.15) is 12.8 Å². The molecular formula is C9H13FN4. The van der Waals surface area contributed by atoms with Gasteiger partial charge in [0.1, 0.15) is 0 Å². The topological polar surface area (TPSA) is 55.0 Å². The predicted octanol–water partition coefficient (Wildman–Crippen LogP) is 0.543. The number of aromatic nitrogens is 2. The van der Waals surface area contributed by atoms with Crippen molar-refractivity contribution in [1.29, 1.82) is 0 Å². The first-order chi connectivity index (χ1) is 6.75. The zero-order valence-electron chi connectivity index (χ0n) is 7.86. The van der Waals surface area contributed by atoms with Crippen molar-refractivity contribution in [2.45, 2.75) is 18.9 Å². The SMILES string of the molecule is N[C@H]1CCCN(c2ncc(F)cn2)C1. The Morgan fingerprint density at radius 2 is 2.14 bits per heavy atom. The maximum absolute atomic E-state index is 12.6. The van der Waals surface area contributed by atoms with E-state index in [1.807, 2.05) is 4.90 Å². The number of hydrogen-bond acceptors (Lipinski definition) is 4. The summed E-state index contributed by atoms with van der Waals surface area (Å²) >= 11 is 0. The molecule has 2 heterocycles. The van der Waals surface area contributed by atoms with Gasteiger partial charge in [0, 0.05) is 19.1 Å². The third kappa shape index (κ3) is 1.98. The summed E-state index contributed by atoms with van der Waals surface area (Å²) in [7, 11) is 0.